The highest BCUT2D eigenvalue weighted by Gasteiger charge is 2.52. The van der Waals surface area contributed by atoms with Crippen molar-refractivity contribution in [1.29, 1.82) is 0 Å². The van der Waals surface area contributed by atoms with E-state index in [2.05, 4.69) is 78.6 Å². The third kappa shape index (κ3) is 4.92. The van der Waals surface area contributed by atoms with Crippen LogP contribution >= 0.6 is 19.8 Å². The molecule has 0 nitrogen and oxygen atoms in total. The van der Waals surface area contributed by atoms with E-state index < -0.39 is 32.3 Å². The number of hydrogen-bond acceptors (Lipinski definition) is 0. The number of halogens is 1. The Morgan fingerprint density at radius 1 is 0.650 bits per heavy atom. The quantitative estimate of drug-likeness (QED) is 0.287. The smallest absolute Gasteiger partial charge is 0.0753 e. The van der Waals surface area contributed by atoms with Gasteiger partial charge in [0.05, 0.1) is 36.2 Å². The molecule has 0 aromatic carbocycles. The van der Waals surface area contributed by atoms with Gasteiger partial charge in [-0.15, -0.1) is 11.6 Å². The second-order valence-electron chi connectivity index (χ2n) is 10.1. The molecule has 0 aromatic rings. The highest BCUT2D eigenvalue weighted by molar-refractivity contribution is 7.69. The van der Waals surface area contributed by atoms with Gasteiger partial charge in [0.25, 0.3) is 0 Å². The van der Waals surface area contributed by atoms with Crippen molar-refractivity contribution in [3.8, 4) is 0 Å². The molecule has 120 valence electrons. The predicted molar refractivity (Wildman–Crippen MR) is 114 cm³/mol. The van der Waals surface area contributed by atoms with Crippen LogP contribution in [0.2, 0.25) is 78.6 Å². The van der Waals surface area contributed by atoms with E-state index in [0.717, 1.165) is 0 Å². The van der Waals surface area contributed by atoms with E-state index in [1.54, 1.807) is 0 Å². The van der Waals surface area contributed by atoms with Crippen LogP contribution in [0.1, 0.15) is 0 Å². The molecule has 0 aliphatic carbocycles. The molecule has 0 atom stereocenters. The molecule has 0 aliphatic rings. The summed E-state index contributed by atoms with van der Waals surface area (Å²) in [6, 6.07) is 0. The molecular formula is C14H36ClPSi4. The SMILES string of the molecule is C[Si](C)(C)C(=PC(Cl)([Si](C)(C)C)[Si](C)(C)C)[Si](C)(C)C. The van der Waals surface area contributed by atoms with Crippen LogP contribution in [0.15, 0.2) is 0 Å². The zero-order valence-electron chi connectivity index (χ0n) is 15.8. The van der Waals surface area contributed by atoms with E-state index in [1.807, 2.05) is 4.54 Å². The average molecular weight is 383 g/mol. The molecule has 0 saturated carbocycles. The molecule has 0 saturated heterocycles. The lowest BCUT2D eigenvalue weighted by Gasteiger charge is -2.47. The van der Waals surface area contributed by atoms with Crippen LogP contribution in [0.4, 0.5) is 0 Å². The van der Waals surface area contributed by atoms with Crippen molar-refractivity contribution in [3.63, 3.8) is 0 Å². The lowest BCUT2D eigenvalue weighted by Crippen LogP contribution is -2.61. The molecule has 0 heterocycles. The van der Waals surface area contributed by atoms with Crippen molar-refractivity contribution in [3.05, 3.63) is 0 Å². The molecule has 0 aromatic heterocycles. The maximum Gasteiger partial charge on any atom is 0.0753 e. The first-order valence-electron chi connectivity index (χ1n) is 7.64. The van der Waals surface area contributed by atoms with Crippen molar-refractivity contribution in [2.75, 3.05) is 0 Å². The fraction of sp³-hybridized carbons (Fsp3) is 0.929. The van der Waals surface area contributed by atoms with Gasteiger partial charge in [0, 0.05) is 0 Å². The molecule has 0 radical (unpaired) electrons. The topological polar surface area (TPSA) is 0 Å². The van der Waals surface area contributed by atoms with Gasteiger partial charge in [0.2, 0.25) is 0 Å². The molecular weight excluding hydrogens is 347 g/mol. The first-order valence-corrected chi connectivity index (χ1v) is 22.9. The van der Waals surface area contributed by atoms with E-state index in [1.165, 1.54) is 8.20 Å². The highest BCUT2D eigenvalue weighted by Crippen LogP contribution is 2.48. The molecule has 0 spiro atoms. The van der Waals surface area contributed by atoms with Crippen LogP contribution in [0, 0.1) is 0 Å². The Balaban J connectivity index is 6.31. The molecule has 0 unspecified atom stereocenters. The van der Waals surface area contributed by atoms with Gasteiger partial charge in [0.1, 0.15) is 0 Å². The zero-order chi connectivity index (χ0) is 16.8. The molecule has 20 heavy (non-hydrogen) atoms. The van der Waals surface area contributed by atoms with Gasteiger partial charge >= 0.3 is 0 Å². The molecule has 6 heteroatoms. The fourth-order valence-electron chi connectivity index (χ4n) is 3.07. The van der Waals surface area contributed by atoms with E-state index >= 15 is 0 Å². The van der Waals surface area contributed by atoms with Crippen molar-refractivity contribution >= 4 is 56.6 Å². The Morgan fingerprint density at radius 2 is 0.900 bits per heavy atom. The minimum absolute atomic E-state index is 0.0654. The summed E-state index contributed by atoms with van der Waals surface area (Å²) in [5.41, 5.74) is 0. The van der Waals surface area contributed by atoms with Crippen LogP contribution < -0.4 is 0 Å². The summed E-state index contributed by atoms with van der Waals surface area (Å²) in [6.07, 6.45) is 0. The van der Waals surface area contributed by atoms with Gasteiger partial charge in [-0.2, -0.15) is 0 Å². The predicted octanol–water partition coefficient (Wildman–Crippen LogP) is 6.55. The monoisotopic (exact) mass is 382 g/mol. The van der Waals surface area contributed by atoms with Crippen molar-refractivity contribution < 1.29 is 0 Å². The fourth-order valence-corrected chi connectivity index (χ4v) is 30.4. The Labute approximate surface area is 138 Å². The number of hydrogen-bond donors (Lipinski definition) is 0. The lowest BCUT2D eigenvalue weighted by molar-refractivity contribution is 1.38. The summed E-state index contributed by atoms with van der Waals surface area (Å²) < 4.78 is 1.94. The van der Waals surface area contributed by atoms with E-state index in [0.29, 0.717) is 0 Å². The second kappa shape index (κ2) is 6.08. The molecule has 0 N–H and O–H groups in total. The molecule has 0 amide bonds. The second-order valence-corrected chi connectivity index (χ2v) is 36.1. The zero-order valence-corrected chi connectivity index (χ0v) is 21.5. The maximum atomic E-state index is 7.43. The van der Waals surface area contributed by atoms with Crippen LogP contribution in [0.25, 0.3) is 0 Å². The first kappa shape index (κ1) is 21.3. The summed E-state index contributed by atoms with van der Waals surface area (Å²) in [7, 11) is -3.86. The molecule has 0 aliphatic heterocycles. The van der Waals surface area contributed by atoms with Gasteiger partial charge in [-0.3, -0.25) is 0 Å². The Hall–Kier alpha value is 1.33. The van der Waals surface area contributed by atoms with E-state index in [-0.39, 0.29) is 3.86 Å². The minimum Gasteiger partial charge on any atom is -0.117 e. The van der Waals surface area contributed by atoms with Crippen LogP contribution in [-0.2, 0) is 0 Å². The standard InChI is InChI=1S/C14H36ClPSi4/c1-17(2,3)13(18(4,5)6)16-14(15,19(7,8)9)20(10,11)12/h1-12H3. The molecule has 0 fully saturated rings. The van der Waals surface area contributed by atoms with E-state index in [4.69, 9.17) is 11.6 Å². The molecule has 0 bridgehead atoms. The van der Waals surface area contributed by atoms with Crippen LogP contribution in [0.3, 0.4) is 0 Å². The number of rotatable bonds is 5. The third-order valence-electron chi connectivity index (χ3n) is 3.67. The highest BCUT2D eigenvalue weighted by atomic mass is 35.5. The van der Waals surface area contributed by atoms with Crippen molar-refractivity contribution in [1.82, 2.24) is 0 Å². The third-order valence-corrected chi connectivity index (χ3v) is 33.1. The van der Waals surface area contributed by atoms with Gasteiger partial charge in [-0.05, 0) is 0 Å². The average Bonchev–Trinajstić information content (AvgIpc) is 2.05. The number of alkyl halides is 1. The van der Waals surface area contributed by atoms with Gasteiger partial charge in [0.15, 0.2) is 0 Å². The summed E-state index contributed by atoms with van der Waals surface area (Å²) in [5.74, 6) is 0. The van der Waals surface area contributed by atoms with Gasteiger partial charge in [-0.1, -0.05) is 91.3 Å². The summed E-state index contributed by atoms with van der Waals surface area (Å²) in [4.78, 5) is 0. The molecule has 0 rings (SSSR count). The Morgan fingerprint density at radius 3 is 1.05 bits per heavy atom. The van der Waals surface area contributed by atoms with Crippen LogP contribution in [-0.4, -0.2) is 40.7 Å². The minimum atomic E-state index is -1.43. The Kier molecular flexibility index (Phi) is 6.49. The van der Waals surface area contributed by atoms with Gasteiger partial charge < -0.3 is 0 Å². The lowest BCUT2D eigenvalue weighted by atomic mass is 11.7. The first-order chi connectivity index (χ1) is 8.34. The summed E-state index contributed by atoms with van der Waals surface area (Å²) >= 11 is 7.43. The van der Waals surface area contributed by atoms with Crippen LogP contribution in [0.5, 0.6) is 0 Å². The van der Waals surface area contributed by atoms with E-state index in [9.17, 15) is 0 Å². The maximum absolute atomic E-state index is 7.43. The summed E-state index contributed by atoms with van der Waals surface area (Å²) in [5, 5.41) is 0. The normalized spacial score (nSPS) is 15.7. The summed E-state index contributed by atoms with van der Waals surface area (Å²) in [6.45, 7) is 29.9. The largest absolute Gasteiger partial charge is 0.117 e. The Bertz CT molecular complexity index is 348. The van der Waals surface area contributed by atoms with Crippen molar-refractivity contribution in [2.45, 2.75) is 82.4 Å². The van der Waals surface area contributed by atoms with Gasteiger partial charge in [-0.25, -0.2) is 0 Å². The van der Waals surface area contributed by atoms with Crippen molar-refractivity contribution in [2.24, 2.45) is 0 Å².